The number of hydrogen-bond donors (Lipinski definition) is 0. The third-order valence-electron chi connectivity index (χ3n) is 3.66. The van der Waals surface area contributed by atoms with Crippen molar-refractivity contribution >= 4 is 22.6 Å². The molecule has 3 heteroatoms. The summed E-state index contributed by atoms with van der Waals surface area (Å²) in [6.07, 6.45) is 1.09. The molecule has 0 saturated heterocycles. The van der Waals surface area contributed by atoms with Crippen molar-refractivity contribution in [2.75, 3.05) is 11.4 Å². The first-order valence-corrected chi connectivity index (χ1v) is 7.40. The summed E-state index contributed by atoms with van der Waals surface area (Å²) < 4.78 is 0. The Morgan fingerprint density at radius 3 is 2.68 bits per heavy atom. The molecule has 2 aliphatic rings. The fourth-order valence-electron chi connectivity index (χ4n) is 2.70. The zero-order valence-electron chi connectivity index (χ0n) is 10.5. The lowest BCUT2D eigenvalue weighted by Gasteiger charge is -2.27. The molecule has 0 radical (unpaired) electrons. The van der Waals surface area contributed by atoms with E-state index in [-0.39, 0.29) is 0 Å². The van der Waals surface area contributed by atoms with Crippen LogP contribution in [0, 0.1) is 0 Å². The van der Waals surface area contributed by atoms with Crippen LogP contribution in [0.3, 0.4) is 0 Å². The Hall–Kier alpha value is -1.74. The van der Waals surface area contributed by atoms with Crippen LogP contribution in [0.4, 0.5) is 5.69 Å². The highest BCUT2D eigenvalue weighted by Gasteiger charge is 2.31. The summed E-state index contributed by atoms with van der Waals surface area (Å²) >= 11 is 1.79. The fourth-order valence-corrected chi connectivity index (χ4v) is 3.81. The fraction of sp³-hybridized carbons (Fsp3) is 0.188. The first-order valence-electron chi connectivity index (χ1n) is 6.59. The average Bonchev–Trinajstić information content (AvgIpc) is 2.86. The predicted molar refractivity (Wildman–Crippen MR) is 80.9 cm³/mol. The molecule has 0 aliphatic carbocycles. The standard InChI is InChI=1S/C16H14N2S/c1-2-6-12(7-3-1)13-10-11-18-14-8-4-5-9-15(14)19-16(18)17-13/h1-9,13H,10-11H2. The number of benzene rings is 2. The number of fused-ring (bicyclic) bond motifs is 3. The van der Waals surface area contributed by atoms with Gasteiger partial charge >= 0.3 is 0 Å². The Morgan fingerprint density at radius 1 is 1.00 bits per heavy atom. The molecule has 2 aromatic rings. The van der Waals surface area contributed by atoms with E-state index in [0.717, 1.165) is 18.1 Å². The summed E-state index contributed by atoms with van der Waals surface area (Å²) in [7, 11) is 0. The number of rotatable bonds is 1. The first-order chi connectivity index (χ1) is 9.42. The number of anilines is 1. The molecule has 2 heterocycles. The van der Waals surface area contributed by atoms with Crippen LogP contribution in [-0.2, 0) is 0 Å². The molecule has 19 heavy (non-hydrogen) atoms. The molecule has 2 nitrogen and oxygen atoms in total. The van der Waals surface area contributed by atoms with E-state index in [0.29, 0.717) is 6.04 Å². The Morgan fingerprint density at radius 2 is 1.79 bits per heavy atom. The lowest BCUT2D eigenvalue weighted by molar-refractivity contribution is 0.637. The highest BCUT2D eigenvalue weighted by atomic mass is 32.2. The summed E-state index contributed by atoms with van der Waals surface area (Å²) in [5, 5.41) is 1.15. The SMILES string of the molecule is c1ccc(C2CCN3C(=N2)Sc2ccccc23)cc1. The van der Waals surface area contributed by atoms with Gasteiger partial charge in [-0.15, -0.1) is 0 Å². The van der Waals surface area contributed by atoms with Gasteiger partial charge in [-0.25, -0.2) is 0 Å². The van der Waals surface area contributed by atoms with Gasteiger partial charge in [-0.1, -0.05) is 42.5 Å². The Kier molecular flexibility index (Phi) is 2.59. The maximum atomic E-state index is 4.93. The summed E-state index contributed by atoms with van der Waals surface area (Å²) in [6, 6.07) is 19.5. The number of hydrogen-bond acceptors (Lipinski definition) is 3. The number of amidine groups is 1. The van der Waals surface area contributed by atoms with Gasteiger partial charge < -0.3 is 4.90 Å². The van der Waals surface area contributed by atoms with Crippen molar-refractivity contribution in [1.29, 1.82) is 0 Å². The summed E-state index contributed by atoms with van der Waals surface area (Å²) in [5.74, 6) is 0. The number of aliphatic imine (C=N–C) groups is 1. The third kappa shape index (κ3) is 1.85. The molecule has 0 aromatic heterocycles. The van der Waals surface area contributed by atoms with E-state index in [2.05, 4.69) is 59.5 Å². The minimum absolute atomic E-state index is 0.314. The number of para-hydroxylation sites is 1. The van der Waals surface area contributed by atoms with E-state index in [4.69, 9.17) is 4.99 Å². The molecule has 2 aliphatic heterocycles. The molecule has 0 amide bonds. The second-order valence-corrected chi connectivity index (χ2v) is 5.86. The minimum Gasteiger partial charge on any atom is -0.320 e. The van der Waals surface area contributed by atoms with Crippen LogP contribution in [0.25, 0.3) is 0 Å². The highest BCUT2D eigenvalue weighted by Crippen LogP contribution is 2.43. The molecule has 0 bridgehead atoms. The molecule has 0 N–H and O–H groups in total. The molecule has 1 atom stereocenters. The lowest BCUT2D eigenvalue weighted by Crippen LogP contribution is -2.31. The monoisotopic (exact) mass is 266 g/mol. The van der Waals surface area contributed by atoms with Crippen LogP contribution < -0.4 is 4.90 Å². The van der Waals surface area contributed by atoms with Crippen LogP contribution in [0.5, 0.6) is 0 Å². The normalized spacial score (nSPS) is 20.7. The Bertz CT molecular complexity index is 636. The van der Waals surface area contributed by atoms with Crippen LogP contribution in [0.1, 0.15) is 18.0 Å². The van der Waals surface area contributed by atoms with Crippen molar-refractivity contribution in [2.24, 2.45) is 4.99 Å². The minimum atomic E-state index is 0.314. The van der Waals surface area contributed by atoms with Crippen LogP contribution in [-0.4, -0.2) is 11.7 Å². The van der Waals surface area contributed by atoms with Gasteiger partial charge in [0.2, 0.25) is 0 Å². The Balaban J connectivity index is 1.69. The smallest absolute Gasteiger partial charge is 0.169 e. The zero-order chi connectivity index (χ0) is 12.7. The van der Waals surface area contributed by atoms with Gasteiger partial charge in [0.25, 0.3) is 0 Å². The van der Waals surface area contributed by atoms with Crippen molar-refractivity contribution in [2.45, 2.75) is 17.4 Å². The molecule has 0 saturated carbocycles. The van der Waals surface area contributed by atoms with Crippen molar-refractivity contribution in [1.82, 2.24) is 0 Å². The molecular weight excluding hydrogens is 252 g/mol. The van der Waals surface area contributed by atoms with Gasteiger partial charge in [0.05, 0.1) is 11.7 Å². The van der Waals surface area contributed by atoms with Gasteiger partial charge in [-0.3, -0.25) is 4.99 Å². The van der Waals surface area contributed by atoms with Crippen LogP contribution >= 0.6 is 11.8 Å². The molecule has 94 valence electrons. The second kappa shape index (κ2) is 4.42. The summed E-state index contributed by atoms with van der Waals surface area (Å²) in [6.45, 7) is 1.06. The quantitative estimate of drug-likeness (QED) is 0.772. The number of thioether (sulfide) groups is 1. The third-order valence-corrected chi connectivity index (χ3v) is 4.74. The summed E-state index contributed by atoms with van der Waals surface area (Å²) in [5.41, 5.74) is 2.64. The molecule has 4 rings (SSSR count). The number of nitrogens with zero attached hydrogens (tertiary/aromatic N) is 2. The maximum Gasteiger partial charge on any atom is 0.169 e. The van der Waals surface area contributed by atoms with Gasteiger partial charge in [0, 0.05) is 11.4 Å². The predicted octanol–water partition coefficient (Wildman–Crippen LogP) is 4.10. The van der Waals surface area contributed by atoms with E-state index < -0.39 is 0 Å². The largest absolute Gasteiger partial charge is 0.320 e. The van der Waals surface area contributed by atoms with Crippen molar-refractivity contribution in [3.63, 3.8) is 0 Å². The van der Waals surface area contributed by atoms with Crippen molar-refractivity contribution < 1.29 is 0 Å². The van der Waals surface area contributed by atoms with Crippen LogP contribution in [0.15, 0.2) is 64.5 Å². The van der Waals surface area contributed by atoms with E-state index in [1.165, 1.54) is 16.1 Å². The van der Waals surface area contributed by atoms with Crippen molar-refractivity contribution in [3.05, 3.63) is 60.2 Å². The Labute approximate surface area is 117 Å². The van der Waals surface area contributed by atoms with Crippen LogP contribution in [0.2, 0.25) is 0 Å². The van der Waals surface area contributed by atoms with Gasteiger partial charge in [-0.05, 0) is 35.9 Å². The molecule has 0 spiro atoms. The zero-order valence-corrected chi connectivity index (χ0v) is 11.3. The van der Waals surface area contributed by atoms with Gasteiger partial charge in [0.1, 0.15) is 0 Å². The van der Waals surface area contributed by atoms with E-state index in [9.17, 15) is 0 Å². The van der Waals surface area contributed by atoms with Gasteiger partial charge in [-0.2, -0.15) is 0 Å². The molecule has 2 aromatic carbocycles. The van der Waals surface area contributed by atoms with E-state index in [1.54, 1.807) is 11.8 Å². The summed E-state index contributed by atoms with van der Waals surface area (Å²) in [4.78, 5) is 8.61. The van der Waals surface area contributed by atoms with E-state index in [1.807, 2.05) is 0 Å². The second-order valence-electron chi connectivity index (χ2n) is 4.85. The maximum absolute atomic E-state index is 4.93. The van der Waals surface area contributed by atoms with E-state index >= 15 is 0 Å². The molecule has 0 fully saturated rings. The van der Waals surface area contributed by atoms with Gasteiger partial charge in [0.15, 0.2) is 5.17 Å². The first kappa shape index (κ1) is 11.1. The molecular formula is C16H14N2S. The highest BCUT2D eigenvalue weighted by molar-refractivity contribution is 8.14. The van der Waals surface area contributed by atoms with Crippen molar-refractivity contribution in [3.8, 4) is 0 Å². The topological polar surface area (TPSA) is 15.6 Å². The lowest BCUT2D eigenvalue weighted by atomic mass is 10.0. The average molecular weight is 266 g/mol. The molecule has 1 unspecified atom stereocenters.